The fraction of sp³-hybridized carbons (Fsp3) is 0.379. The van der Waals surface area contributed by atoms with E-state index in [0.717, 1.165) is 89.8 Å². The van der Waals surface area contributed by atoms with E-state index in [1.165, 1.54) is 18.4 Å². The van der Waals surface area contributed by atoms with Crippen LogP contribution >= 0.6 is 12.4 Å². The number of esters is 1. The molecule has 25 heteroatoms. The minimum Gasteiger partial charge on any atom is -0.493 e. The Balaban J connectivity index is 0.000000400. The number of anilines is 3. The van der Waals surface area contributed by atoms with E-state index < -0.39 is 59.3 Å². The van der Waals surface area contributed by atoms with Crippen LogP contribution in [0.3, 0.4) is 0 Å². The summed E-state index contributed by atoms with van der Waals surface area (Å²) in [6.07, 6.45) is 8.31. The van der Waals surface area contributed by atoms with Crippen LogP contribution in [0.1, 0.15) is 199 Å². The highest BCUT2D eigenvalue weighted by Gasteiger charge is 2.29. The molecule has 0 saturated heterocycles. The van der Waals surface area contributed by atoms with Crippen molar-refractivity contribution in [1.29, 1.82) is 0 Å². The van der Waals surface area contributed by atoms with Gasteiger partial charge in [0.1, 0.15) is 101 Å². The first-order valence-corrected chi connectivity index (χ1v) is 42.5. The van der Waals surface area contributed by atoms with Gasteiger partial charge in [-0.25, -0.2) is 14.4 Å². The number of nitrogens with two attached hydrogens (primary N) is 1. The molecule has 0 aliphatic heterocycles. The molecule has 0 saturated carbocycles. The van der Waals surface area contributed by atoms with Crippen LogP contribution in [0.4, 0.5) is 26.7 Å². The summed E-state index contributed by atoms with van der Waals surface area (Å²) in [7, 11) is 0. The van der Waals surface area contributed by atoms with Crippen molar-refractivity contribution in [3.8, 4) is 46.0 Å². The van der Waals surface area contributed by atoms with Crippen molar-refractivity contribution >= 4 is 65.3 Å². The number of nitrogens with one attached hydrogen (secondary N) is 5. The Morgan fingerprint density at radius 3 is 1.09 bits per heavy atom. The minimum absolute atomic E-state index is 0. The van der Waals surface area contributed by atoms with E-state index in [1.54, 1.807) is 77.9 Å². The molecule has 692 valence electrons. The van der Waals surface area contributed by atoms with Gasteiger partial charge in [-0.3, -0.25) is 14.4 Å². The van der Waals surface area contributed by atoms with Crippen molar-refractivity contribution < 1.29 is 85.3 Å². The number of furan rings is 1. The fourth-order valence-corrected chi connectivity index (χ4v) is 11.7. The van der Waals surface area contributed by atoms with E-state index in [0.29, 0.717) is 111 Å². The molecule has 7 N–H and O–H groups in total. The van der Waals surface area contributed by atoms with E-state index in [-0.39, 0.29) is 78.0 Å². The quantitative estimate of drug-likeness (QED) is 0.0117. The number of carbonyl (C=O) groups excluding carboxylic acids is 6. The van der Waals surface area contributed by atoms with Crippen LogP contribution in [0.2, 0.25) is 0 Å². The van der Waals surface area contributed by atoms with Crippen molar-refractivity contribution in [2.24, 2.45) is 5.73 Å². The van der Waals surface area contributed by atoms with Gasteiger partial charge in [0.2, 0.25) is 17.7 Å². The maximum absolute atomic E-state index is 13.7. The van der Waals surface area contributed by atoms with Crippen molar-refractivity contribution in [3.63, 3.8) is 0 Å². The molecule has 0 bridgehead atoms. The van der Waals surface area contributed by atoms with Crippen molar-refractivity contribution in [3.05, 3.63) is 281 Å². The number of halogens is 1. The van der Waals surface area contributed by atoms with Crippen LogP contribution in [0.25, 0.3) is 0 Å². The standard InChI is InChI=1S/C36H40N2O8.C35H46N2O6.C29H36N2O4.3CH4.ClH/c1-5-19-43-34(40)27-15-18-30(32(22-27)45-24-29-12-9-20-42-29)37-33(39)31(38-35(41)46-36(2,3)4)21-25-13-16-28(17-14-25)44-23-26-10-7-6-8-11-26;1-6-8-21-40-29-19-20-30(32(24-29)41-22-9-7-2)36-33(38)31(37-34(39)43-35(3,4)5)23-26-15-17-28(18-16-26)42-25-27-13-11-10-12-14-27;1-3-5-18-34-28-20-25(33-17-4-2)15-16-27(28)31-29(32)26(30)19-22-11-13-24(14-12-22)35-21-23-9-7-6-8-10-23;;;;/h6-18,20,22,31H,5,19,21,23-24H2,1-4H3,(H,37,39)(H,38,41);10-20,24,31H,6-9,21-23,25H2,1-5H3,(H,36,38)(H,37,39);6-16,20,26H,3-5,17-19,21,30H2,1-2H3,(H,31,32);3*1H4;1H/t2*31-;26-;;;;/m111..../s1. The fourth-order valence-electron chi connectivity index (χ4n) is 11.7. The lowest BCUT2D eigenvalue weighted by molar-refractivity contribution is -0.118. The number of unbranched alkanes of at least 4 members (excludes halogenated alkanes) is 3. The highest BCUT2D eigenvalue weighted by atomic mass is 35.5. The molecule has 1 heterocycles. The molecule has 1 aromatic heterocycles. The average molecular weight is 1780 g/mol. The molecule has 3 atom stereocenters. The maximum Gasteiger partial charge on any atom is 0.408 e. The van der Waals surface area contributed by atoms with Crippen LogP contribution in [-0.4, -0.2) is 98.2 Å². The summed E-state index contributed by atoms with van der Waals surface area (Å²) in [4.78, 5) is 78.2. The van der Waals surface area contributed by atoms with Crippen LogP contribution in [0.5, 0.6) is 46.0 Å². The highest BCUT2D eigenvalue weighted by Crippen LogP contribution is 2.34. The minimum atomic E-state index is -1.02. The first-order chi connectivity index (χ1) is 59.8. The summed E-state index contributed by atoms with van der Waals surface area (Å²) in [5.41, 5.74) is 12.2. The molecule has 10 aromatic rings. The molecule has 5 amide bonds. The van der Waals surface area contributed by atoms with Crippen LogP contribution in [-0.2, 0) is 74.3 Å². The number of hydrogen-bond acceptors (Lipinski definition) is 19. The second-order valence-electron chi connectivity index (χ2n) is 31.3. The predicted molar refractivity (Wildman–Crippen MR) is 510 cm³/mol. The Labute approximate surface area is 764 Å². The van der Waals surface area contributed by atoms with E-state index in [2.05, 4.69) is 54.3 Å². The zero-order valence-electron chi connectivity index (χ0n) is 73.7. The van der Waals surface area contributed by atoms with Crippen molar-refractivity contribution in [2.45, 2.75) is 225 Å². The summed E-state index contributed by atoms with van der Waals surface area (Å²) < 4.78 is 68.6. The lowest BCUT2D eigenvalue weighted by atomic mass is 10.0. The van der Waals surface area contributed by atoms with E-state index in [1.807, 2.05) is 189 Å². The largest absolute Gasteiger partial charge is 0.493 e. The molecule has 128 heavy (non-hydrogen) atoms. The van der Waals surface area contributed by atoms with Gasteiger partial charge in [-0.2, -0.15) is 0 Å². The van der Waals surface area contributed by atoms with Crippen molar-refractivity contribution in [1.82, 2.24) is 10.6 Å². The number of benzene rings is 9. The van der Waals surface area contributed by atoms with Gasteiger partial charge in [-0.1, -0.05) is 204 Å². The number of carbonyl (C=O) groups is 6. The molecule has 0 aliphatic carbocycles. The lowest BCUT2D eigenvalue weighted by Gasteiger charge is -2.24. The Kier molecular flexibility index (Phi) is 48.7. The second kappa shape index (κ2) is 57.8. The summed E-state index contributed by atoms with van der Waals surface area (Å²) >= 11 is 0. The lowest BCUT2D eigenvalue weighted by Crippen LogP contribution is -2.47. The topological polar surface area (TPSA) is 303 Å². The van der Waals surface area contributed by atoms with Gasteiger partial charge < -0.3 is 88.8 Å². The summed E-state index contributed by atoms with van der Waals surface area (Å²) in [5.74, 6) is 3.76. The first kappa shape index (κ1) is 108. The van der Waals surface area contributed by atoms with Gasteiger partial charge in [0, 0.05) is 25.0 Å². The van der Waals surface area contributed by atoms with E-state index in [4.69, 9.17) is 62.3 Å². The third kappa shape index (κ3) is 40.3. The molecule has 24 nitrogen and oxygen atoms in total. The maximum atomic E-state index is 13.7. The summed E-state index contributed by atoms with van der Waals surface area (Å²) in [6.45, 7) is 24.8. The smallest absolute Gasteiger partial charge is 0.408 e. The molecule has 0 fully saturated rings. The molecule has 9 aromatic carbocycles. The van der Waals surface area contributed by atoms with Gasteiger partial charge in [-0.15, -0.1) is 12.4 Å². The first-order valence-electron chi connectivity index (χ1n) is 42.5. The molecule has 0 unspecified atom stereocenters. The monoisotopic (exact) mass is 1780 g/mol. The van der Waals surface area contributed by atoms with Gasteiger partial charge >= 0.3 is 18.2 Å². The molecular weight excluding hydrogens is 1640 g/mol. The van der Waals surface area contributed by atoms with Crippen LogP contribution in [0, 0.1) is 0 Å². The molecular formula is C103H135ClN6O18. The van der Waals surface area contributed by atoms with Gasteiger partial charge in [0.25, 0.3) is 0 Å². The number of ether oxygens (including phenoxy) is 11. The molecule has 0 aliphatic rings. The third-order valence-corrected chi connectivity index (χ3v) is 18.2. The van der Waals surface area contributed by atoms with Crippen molar-refractivity contribution in [2.75, 3.05) is 49.0 Å². The van der Waals surface area contributed by atoms with Gasteiger partial charge in [0.05, 0.1) is 68.0 Å². The predicted octanol–water partition coefficient (Wildman–Crippen LogP) is 22.8. The Morgan fingerprint density at radius 2 is 0.711 bits per heavy atom. The van der Waals surface area contributed by atoms with Gasteiger partial charge in [0.15, 0.2) is 0 Å². The van der Waals surface area contributed by atoms with Crippen LogP contribution in [0.15, 0.2) is 241 Å². The molecule has 0 radical (unpaired) electrons. The second-order valence-corrected chi connectivity index (χ2v) is 31.3. The Hall–Kier alpha value is -12.7. The number of rotatable bonds is 44. The number of hydrogen-bond donors (Lipinski definition) is 6. The van der Waals surface area contributed by atoms with E-state index in [9.17, 15) is 28.8 Å². The Bertz CT molecular complexity index is 4840. The SMILES string of the molecule is C.C.C.CCCCOc1cc(OCCC)ccc1NC(=O)[C@H](N)Cc1ccc(OCc2ccccc2)cc1.CCCCOc1ccc(NC(=O)[C@@H](Cc2ccc(OCc3ccccc3)cc2)NC(=O)OC(C)(C)C)c(OCCCC)c1.CCCOC(=O)c1ccc(NC(=O)[C@@H](Cc2ccc(OCc3ccccc3)cc2)NC(=O)OC(C)(C)C)c(OCc2ccco2)c1.Cl. The van der Waals surface area contributed by atoms with Crippen LogP contribution < -0.4 is 70.2 Å². The van der Waals surface area contributed by atoms with E-state index >= 15 is 0 Å². The number of amides is 5. The summed E-state index contributed by atoms with van der Waals surface area (Å²) in [5, 5.41) is 14.2. The Morgan fingerprint density at radius 1 is 0.352 bits per heavy atom. The third-order valence-electron chi connectivity index (χ3n) is 18.2. The average Bonchev–Trinajstić information content (AvgIpc) is 0.952. The van der Waals surface area contributed by atoms with Gasteiger partial charge in [-0.05, 0) is 204 Å². The number of alkyl carbamates (subject to hydrolysis) is 2. The zero-order chi connectivity index (χ0) is 88.9. The summed E-state index contributed by atoms with van der Waals surface area (Å²) in [6, 6.07) is 68.5. The molecule has 0 spiro atoms. The zero-order valence-corrected chi connectivity index (χ0v) is 74.5. The molecule has 10 rings (SSSR count). The normalized spacial score (nSPS) is 11.3. The highest BCUT2D eigenvalue weighted by molar-refractivity contribution is 6.00.